The van der Waals surface area contributed by atoms with Crippen LogP contribution in [0, 0.1) is 17.8 Å². The fraction of sp³-hybridized carbons (Fsp3) is 0.524. The second-order valence-corrected chi connectivity index (χ2v) is 7.21. The summed E-state index contributed by atoms with van der Waals surface area (Å²) >= 11 is 0. The van der Waals surface area contributed by atoms with Gasteiger partial charge in [-0.25, -0.2) is 0 Å². The van der Waals surface area contributed by atoms with Crippen LogP contribution in [0.1, 0.15) is 58.6 Å². The summed E-state index contributed by atoms with van der Waals surface area (Å²) in [7, 11) is 0. The Bertz CT molecular complexity index is 619. The average Bonchev–Trinajstić information content (AvgIpc) is 2.83. The fourth-order valence-electron chi connectivity index (χ4n) is 5.25. The van der Waals surface area contributed by atoms with E-state index in [1.54, 1.807) is 22.3 Å². The largest absolute Gasteiger partial charge is 0.0874 e. The Labute approximate surface area is 130 Å². The maximum Gasteiger partial charge on any atom is 0.0267 e. The van der Waals surface area contributed by atoms with Gasteiger partial charge in [0.15, 0.2) is 0 Å². The molecule has 0 fully saturated rings. The van der Waals surface area contributed by atoms with Crippen LogP contribution < -0.4 is 0 Å². The van der Waals surface area contributed by atoms with Gasteiger partial charge in [-0.3, -0.25) is 0 Å². The molecular formula is C21H28. The SMILES string of the molecule is C/C=C\C1=C(C)C(C)C(C)C12c1ccccc1C(C)C2C. The molecule has 0 saturated heterocycles. The highest BCUT2D eigenvalue weighted by Crippen LogP contribution is 2.64. The molecule has 1 aromatic carbocycles. The van der Waals surface area contributed by atoms with Crippen LogP contribution in [-0.2, 0) is 5.41 Å². The number of hydrogen-bond donors (Lipinski definition) is 0. The molecule has 1 spiro atoms. The maximum absolute atomic E-state index is 2.47. The van der Waals surface area contributed by atoms with Gasteiger partial charge in [0.1, 0.15) is 0 Å². The van der Waals surface area contributed by atoms with E-state index in [2.05, 4.69) is 78.0 Å². The lowest BCUT2D eigenvalue weighted by Gasteiger charge is -2.40. The Hall–Kier alpha value is -1.30. The third kappa shape index (κ3) is 1.62. The second kappa shape index (κ2) is 4.87. The Morgan fingerprint density at radius 1 is 0.952 bits per heavy atom. The molecule has 0 heterocycles. The van der Waals surface area contributed by atoms with Crippen molar-refractivity contribution in [3.05, 3.63) is 58.7 Å². The Balaban J connectivity index is 2.33. The van der Waals surface area contributed by atoms with E-state index in [0.29, 0.717) is 23.7 Å². The van der Waals surface area contributed by atoms with Crippen LogP contribution in [-0.4, -0.2) is 0 Å². The lowest BCUT2D eigenvalue weighted by molar-refractivity contribution is 0.230. The summed E-state index contributed by atoms with van der Waals surface area (Å²) in [5, 5.41) is 0. The number of rotatable bonds is 1. The quantitative estimate of drug-likeness (QED) is 0.604. The van der Waals surface area contributed by atoms with Gasteiger partial charge in [0.05, 0.1) is 0 Å². The van der Waals surface area contributed by atoms with Crippen LogP contribution in [0.5, 0.6) is 0 Å². The van der Waals surface area contributed by atoms with Crippen molar-refractivity contribution in [2.24, 2.45) is 17.8 Å². The van der Waals surface area contributed by atoms with Crippen molar-refractivity contribution in [1.29, 1.82) is 0 Å². The maximum atomic E-state index is 2.47. The Morgan fingerprint density at radius 3 is 2.24 bits per heavy atom. The molecule has 5 unspecified atom stereocenters. The van der Waals surface area contributed by atoms with Gasteiger partial charge in [0.2, 0.25) is 0 Å². The van der Waals surface area contributed by atoms with Gasteiger partial charge < -0.3 is 0 Å². The first-order chi connectivity index (χ1) is 9.97. The zero-order chi connectivity index (χ0) is 15.4. The zero-order valence-electron chi connectivity index (χ0n) is 14.3. The van der Waals surface area contributed by atoms with E-state index in [1.807, 2.05) is 0 Å². The van der Waals surface area contributed by atoms with E-state index in [-0.39, 0.29) is 5.41 Å². The van der Waals surface area contributed by atoms with Crippen molar-refractivity contribution < 1.29 is 0 Å². The smallest absolute Gasteiger partial charge is 0.0267 e. The minimum atomic E-state index is 0.214. The Kier molecular flexibility index (Phi) is 3.39. The van der Waals surface area contributed by atoms with Gasteiger partial charge in [-0.1, -0.05) is 69.7 Å². The van der Waals surface area contributed by atoms with Crippen molar-refractivity contribution in [3.63, 3.8) is 0 Å². The first-order valence-electron chi connectivity index (χ1n) is 8.41. The van der Waals surface area contributed by atoms with Crippen LogP contribution in [0.25, 0.3) is 0 Å². The predicted molar refractivity (Wildman–Crippen MR) is 91.5 cm³/mol. The molecule has 0 aromatic heterocycles. The molecule has 0 aliphatic heterocycles. The molecule has 2 aliphatic carbocycles. The van der Waals surface area contributed by atoms with Gasteiger partial charge >= 0.3 is 0 Å². The molecule has 3 rings (SSSR count). The first-order valence-corrected chi connectivity index (χ1v) is 8.41. The van der Waals surface area contributed by atoms with E-state index in [9.17, 15) is 0 Å². The molecule has 21 heavy (non-hydrogen) atoms. The summed E-state index contributed by atoms with van der Waals surface area (Å²) in [5.41, 5.74) is 6.56. The summed E-state index contributed by atoms with van der Waals surface area (Å²) in [6.45, 7) is 14.3. The van der Waals surface area contributed by atoms with E-state index >= 15 is 0 Å². The van der Waals surface area contributed by atoms with Crippen LogP contribution >= 0.6 is 0 Å². The number of fused-ring (bicyclic) bond motifs is 2. The van der Waals surface area contributed by atoms with Crippen molar-refractivity contribution >= 4 is 0 Å². The Morgan fingerprint density at radius 2 is 1.57 bits per heavy atom. The van der Waals surface area contributed by atoms with Crippen LogP contribution in [0.4, 0.5) is 0 Å². The van der Waals surface area contributed by atoms with Crippen molar-refractivity contribution in [3.8, 4) is 0 Å². The highest BCUT2D eigenvalue weighted by molar-refractivity contribution is 5.57. The molecule has 0 saturated carbocycles. The molecule has 0 bridgehead atoms. The summed E-state index contributed by atoms with van der Waals surface area (Å²) < 4.78 is 0. The molecule has 1 aromatic rings. The highest BCUT2D eigenvalue weighted by Gasteiger charge is 2.57. The van der Waals surface area contributed by atoms with Crippen LogP contribution in [0.3, 0.4) is 0 Å². The van der Waals surface area contributed by atoms with Crippen molar-refractivity contribution in [2.75, 3.05) is 0 Å². The standard InChI is InChI=1S/C21H28/c1-7-10-19-14(3)13(2)16(5)21(19)17(6)15(4)18-11-8-9-12-20(18)21/h7-13,15-17H,1-6H3/b10-7-. The van der Waals surface area contributed by atoms with E-state index in [4.69, 9.17) is 0 Å². The molecule has 112 valence electrons. The fourth-order valence-corrected chi connectivity index (χ4v) is 5.25. The van der Waals surface area contributed by atoms with Gasteiger partial charge in [0.25, 0.3) is 0 Å². The molecule has 5 atom stereocenters. The van der Waals surface area contributed by atoms with Gasteiger partial charge in [-0.2, -0.15) is 0 Å². The molecule has 0 heteroatoms. The predicted octanol–water partition coefficient (Wildman–Crippen LogP) is 5.86. The number of allylic oxidation sites excluding steroid dienone is 4. The van der Waals surface area contributed by atoms with Gasteiger partial charge in [0, 0.05) is 5.41 Å². The summed E-state index contributed by atoms with van der Waals surface area (Å²) in [6.07, 6.45) is 4.62. The van der Waals surface area contributed by atoms with Gasteiger partial charge in [-0.05, 0) is 54.2 Å². The lowest BCUT2D eigenvalue weighted by atomic mass is 9.63. The monoisotopic (exact) mass is 280 g/mol. The first kappa shape index (κ1) is 14.6. The summed E-state index contributed by atoms with van der Waals surface area (Å²) in [4.78, 5) is 0. The third-order valence-electron chi connectivity index (χ3n) is 6.72. The summed E-state index contributed by atoms with van der Waals surface area (Å²) in [6, 6.07) is 9.17. The lowest BCUT2D eigenvalue weighted by Crippen LogP contribution is -2.37. The van der Waals surface area contributed by atoms with Crippen LogP contribution in [0.2, 0.25) is 0 Å². The topological polar surface area (TPSA) is 0 Å². The van der Waals surface area contributed by atoms with Gasteiger partial charge in [-0.15, -0.1) is 0 Å². The third-order valence-corrected chi connectivity index (χ3v) is 6.72. The van der Waals surface area contributed by atoms with Crippen molar-refractivity contribution in [1.82, 2.24) is 0 Å². The van der Waals surface area contributed by atoms with Crippen LogP contribution in [0.15, 0.2) is 47.6 Å². The zero-order valence-corrected chi connectivity index (χ0v) is 14.3. The van der Waals surface area contributed by atoms with E-state index in [1.165, 1.54) is 0 Å². The van der Waals surface area contributed by atoms with E-state index in [0.717, 1.165) is 0 Å². The minimum Gasteiger partial charge on any atom is -0.0874 e. The summed E-state index contributed by atoms with van der Waals surface area (Å²) in [5.74, 6) is 2.64. The minimum absolute atomic E-state index is 0.214. The molecule has 0 radical (unpaired) electrons. The average molecular weight is 280 g/mol. The van der Waals surface area contributed by atoms with Crippen molar-refractivity contribution in [2.45, 2.75) is 52.9 Å². The van der Waals surface area contributed by atoms with E-state index < -0.39 is 0 Å². The number of benzene rings is 1. The molecule has 2 aliphatic rings. The highest BCUT2D eigenvalue weighted by atomic mass is 14.6. The molecule has 0 amide bonds. The molecule has 0 nitrogen and oxygen atoms in total. The molecular weight excluding hydrogens is 252 g/mol. The molecule has 0 N–H and O–H groups in total. The number of hydrogen-bond acceptors (Lipinski definition) is 0. The normalized spacial score (nSPS) is 38.8. The second-order valence-electron chi connectivity index (χ2n) is 7.21.